The lowest BCUT2D eigenvalue weighted by Gasteiger charge is -2.24. The van der Waals surface area contributed by atoms with Crippen LogP contribution >= 0.6 is 11.3 Å². The van der Waals surface area contributed by atoms with Crippen LogP contribution in [-0.4, -0.2) is 30.0 Å². The van der Waals surface area contributed by atoms with E-state index in [-0.39, 0.29) is 10.6 Å². The predicted molar refractivity (Wildman–Crippen MR) is 68.1 cm³/mol. The number of sulfonamides is 1. The van der Waals surface area contributed by atoms with Crippen LogP contribution in [0.15, 0.2) is 10.4 Å². The number of thiazole rings is 1. The molecule has 2 N–H and O–H groups in total. The third-order valence-electron chi connectivity index (χ3n) is 2.45. The summed E-state index contributed by atoms with van der Waals surface area (Å²) in [5.74, 6) is -1.19. The maximum absolute atomic E-state index is 12.0. The molecule has 0 aliphatic carbocycles. The second-order valence-electron chi connectivity index (χ2n) is 4.19. The van der Waals surface area contributed by atoms with Crippen molar-refractivity contribution in [2.24, 2.45) is 0 Å². The van der Waals surface area contributed by atoms with Crippen LogP contribution in [0.5, 0.6) is 0 Å². The molecule has 1 atom stereocenters. The monoisotopic (exact) mass is 292 g/mol. The number of carboxylic acid groups (broad SMARTS) is 1. The minimum atomic E-state index is -3.84. The van der Waals surface area contributed by atoms with Gasteiger partial charge in [0.15, 0.2) is 4.21 Å². The third kappa shape index (κ3) is 3.27. The molecule has 0 bridgehead atoms. The molecule has 0 radical (unpaired) electrons. The molecule has 1 rings (SSSR count). The van der Waals surface area contributed by atoms with E-state index in [2.05, 4.69) is 9.71 Å². The third-order valence-corrected chi connectivity index (χ3v) is 5.42. The molecular weight excluding hydrogens is 276 g/mol. The lowest BCUT2D eigenvalue weighted by atomic mass is 9.98. The molecular formula is C10H16N2O4S2. The molecule has 0 aliphatic heterocycles. The van der Waals surface area contributed by atoms with Gasteiger partial charge in [-0.15, -0.1) is 11.3 Å². The van der Waals surface area contributed by atoms with E-state index in [1.807, 2.05) is 0 Å². The molecule has 1 heterocycles. The Morgan fingerprint density at radius 3 is 2.61 bits per heavy atom. The molecule has 1 aromatic heterocycles. The molecule has 0 saturated carbocycles. The van der Waals surface area contributed by atoms with Gasteiger partial charge >= 0.3 is 5.97 Å². The van der Waals surface area contributed by atoms with E-state index in [0.717, 1.165) is 11.3 Å². The standard InChI is InChI=1S/C10H16N2O4S2/c1-4-5-10(3,9(13)14)12-18(15,16)8-6-11-7(2)17-8/h6,12H,4-5H2,1-3H3,(H,13,14). The van der Waals surface area contributed by atoms with Gasteiger partial charge in [-0.05, 0) is 20.3 Å². The maximum Gasteiger partial charge on any atom is 0.324 e. The highest BCUT2D eigenvalue weighted by Crippen LogP contribution is 2.22. The van der Waals surface area contributed by atoms with Crippen LogP contribution in [0.25, 0.3) is 0 Å². The van der Waals surface area contributed by atoms with Gasteiger partial charge in [0, 0.05) is 0 Å². The summed E-state index contributed by atoms with van der Waals surface area (Å²) < 4.78 is 26.3. The highest BCUT2D eigenvalue weighted by atomic mass is 32.2. The maximum atomic E-state index is 12.0. The average Bonchev–Trinajstić information content (AvgIpc) is 2.64. The van der Waals surface area contributed by atoms with E-state index in [0.29, 0.717) is 11.4 Å². The van der Waals surface area contributed by atoms with Gasteiger partial charge in [0.1, 0.15) is 5.54 Å². The van der Waals surface area contributed by atoms with Crippen molar-refractivity contribution in [3.05, 3.63) is 11.2 Å². The Balaban J connectivity index is 3.04. The first-order chi connectivity index (χ1) is 8.21. The van der Waals surface area contributed by atoms with E-state index in [1.165, 1.54) is 13.1 Å². The number of hydrogen-bond donors (Lipinski definition) is 2. The van der Waals surface area contributed by atoms with E-state index < -0.39 is 21.5 Å². The Morgan fingerprint density at radius 2 is 2.22 bits per heavy atom. The van der Waals surface area contributed by atoms with E-state index >= 15 is 0 Å². The van der Waals surface area contributed by atoms with Gasteiger partial charge in [-0.3, -0.25) is 4.79 Å². The normalized spacial score (nSPS) is 15.3. The number of aryl methyl sites for hydroxylation is 1. The van der Waals surface area contributed by atoms with Gasteiger partial charge < -0.3 is 5.11 Å². The lowest BCUT2D eigenvalue weighted by molar-refractivity contribution is -0.143. The van der Waals surface area contributed by atoms with Crippen LogP contribution in [-0.2, 0) is 14.8 Å². The highest BCUT2D eigenvalue weighted by molar-refractivity contribution is 7.91. The lowest BCUT2D eigenvalue weighted by Crippen LogP contribution is -2.51. The van der Waals surface area contributed by atoms with Crippen LogP contribution in [0.2, 0.25) is 0 Å². The van der Waals surface area contributed by atoms with E-state index in [1.54, 1.807) is 13.8 Å². The molecule has 0 saturated heterocycles. The topological polar surface area (TPSA) is 96.4 Å². The van der Waals surface area contributed by atoms with Crippen LogP contribution in [0.1, 0.15) is 31.7 Å². The highest BCUT2D eigenvalue weighted by Gasteiger charge is 2.37. The summed E-state index contributed by atoms with van der Waals surface area (Å²) in [5.41, 5.74) is -1.49. The van der Waals surface area contributed by atoms with E-state index in [9.17, 15) is 13.2 Å². The zero-order valence-corrected chi connectivity index (χ0v) is 12.1. The summed E-state index contributed by atoms with van der Waals surface area (Å²) in [6.07, 6.45) is 2.02. The Labute approximate surface area is 110 Å². The van der Waals surface area contributed by atoms with Gasteiger partial charge in [0.25, 0.3) is 10.0 Å². The number of carbonyl (C=O) groups is 1. The number of nitrogens with zero attached hydrogens (tertiary/aromatic N) is 1. The Morgan fingerprint density at radius 1 is 1.61 bits per heavy atom. The Kier molecular flexibility index (Phi) is 4.46. The molecule has 102 valence electrons. The van der Waals surface area contributed by atoms with Crippen LogP contribution in [0.4, 0.5) is 0 Å². The molecule has 18 heavy (non-hydrogen) atoms. The van der Waals surface area contributed by atoms with Crippen LogP contribution < -0.4 is 4.72 Å². The van der Waals surface area contributed by atoms with Crippen LogP contribution in [0.3, 0.4) is 0 Å². The molecule has 1 unspecified atom stereocenters. The van der Waals surface area contributed by atoms with Crippen molar-refractivity contribution in [3.63, 3.8) is 0 Å². The second-order valence-corrected chi connectivity index (χ2v) is 7.34. The summed E-state index contributed by atoms with van der Waals surface area (Å²) in [6.45, 7) is 4.85. The Bertz CT molecular complexity index is 538. The van der Waals surface area contributed by atoms with Gasteiger partial charge in [0.2, 0.25) is 0 Å². The fourth-order valence-corrected chi connectivity index (χ4v) is 4.02. The van der Waals surface area contributed by atoms with Gasteiger partial charge in [-0.25, -0.2) is 13.4 Å². The molecule has 1 aromatic rings. The van der Waals surface area contributed by atoms with Gasteiger partial charge in [-0.2, -0.15) is 4.72 Å². The fourth-order valence-electron chi connectivity index (χ4n) is 1.51. The molecule has 0 spiro atoms. The number of nitrogens with one attached hydrogen (secondary N) is 1. The van der Waals surface area contributed by atoms with Gasteiger partial charge in [-0.1, -0.05) is 13.3 Å². The van der Waals surface area contributed by atoms with Crippen molar-refractivity contribution in [1.29, 1.82) is 0 Å². The van der Waals surface area contributed by atoms with Crippen molar-refractivity contribution in [3.8, 4) is 0 Å². The quantitative estimate of drug-likeness (QED) is 0.825. The van der Waals surface area contributed by atoms with Crippen molar-refractivity contribution in [1.82, 2.24) is 9.71 Å². The summed E-state index contributed by atoms with van der Waals surface area (Å²) in [6, 6.07) is 0. The number of aliphatic carboxylic acids is 1. The molecule has 0 aliphatic rings. The molecule has 0 fully saturated rings. The fraction of sp³-hybridized carbons (Fsp3) is 0.600. The zero-order valence-electron chi connectivity index (χ0n) is 10.4. The summed E-state index contributed by atoms with van der Waals surface area (Å²) in [7, 11) is -3.84. The smallest absolute Gasteiger partial charge is 0.324 e. The van der Waals surface area contributed by atoms with Crippen molar-refractivity contribution in [2.75, 3.05) is 0 Å². The summed E-state index contributed by atoms with van der Waals surface area (Å²) in [5, 5.41) is 9.75. The zero-order chi connectivity index (χ0) is 14.0. The van der Waals surface area contributed by atoms with Crippen molar-refractivity contribution < 1.29 is 18.3 Å². The van der Waals surface area contributed by atoms with Crippen LogP contribution in [0, 0.1) is 6.92 Å². The molecule has 0 aromatic carbocycles. The van der Waals surface area contributed by atoms with Gasteiger partial charge in [0.05, 0.1) is 11.2 Å². The minimum absolute atomic E-state index is 0.0311. The van der Waals surface area contributed by atoms with Crippen molar-refractivity contribution >= 4 is 27.3 Å². The number of carboxylic acids is 1. The molecule has 8 heteroatoms. The first-order valence-electron chi connectivity index (χ1n) is 5.41. The first kappa shape index (κ1) is 15.1. The SMILES string of the molecule is CCCC(C)(NS(=O)(=O)c1cnc(C)s1)C(=O)O. The first-order valence-corrected chi connectivity index (χ1v) is 7.71. The second kappa shape index (κ2) is 5.33. The summed E-state index contributed by atoms with van der Waals surface area (Å²) >= 11 is 1.01. The number of aromatic nitrogens is 1. The minimum Gasteiger partial charge on any atom is -0.480 e. The predicted octanol–water partition coefficient (Wildman–Crippen LogP) is 1.37. The van der Waals surface area contributed by atoms with Crippen molar-refractivity contribution in [2.45, 2.75) is 43.4 Å². The number of hydrogen-bond acceptors (Lipinski definition) is 5. The van der Waals surface area contributed by atoms with E-state index in [4.69, 9.17) is 5.11 Å². The largest absolute Gasteiger partial charge is 0.480 e. The number of rotatable bonds is 6. The summed E-state index contributed by atoms with van der Waals surface area (Å²) in [4.78, 5) is 15.0. The Hall–Kier alpha value is -0.990. The average molecular weight is 292 g/mol. The molecule has 0 amide bonds. The molecule has 6 nitrogen and oxygen atoms in total.